The zero-order chi connectivity index (χ0) is 21.3. The summed E-state index contributed by atoms with van der Waals surface area (Å²) in [5, 5.41) is 0. The number of carbonyl (C=O) groups excluding carboxylic acids is 2. The summed E-state index contributed by atoms with van der Waals surface area (Å²) >= 11 is 0. The van der Waals surface area contributed by atoms with Gasteiger partial charge in [0.1, 0.15) is 18.0 Å². The fourth-order valence-corrected chi connectivity index (χ4v) is 3.76. The molecule has 7 nitrogen and oxygen atoms in total. The minimum absolute atomic E-state index is 0.00595. The third-order valence-electron chi connectivity index (χ3n) is 5.88. The van der Waals surface area contributed by atoms with E-state index in [1.165, 1.54) is 7.11 Å². The molecule has 2 saturated carbocycles. The van der Waals surface area contributed by atoms with Crippen LogP contribution in [0.2, 0.25) is 0 Å². The van der Waals surface area contributed by atoms with Gasteiger partial charge in [-0.05, 0) is 49.9 Å². The normalized spacial score (nSPS) is 15.6. The number of aromatic nitrogens is 1. The van der Waals surface area contributed by atoms with Gasteiger partial charge in [-0.1, -0.05) is 0 Å². The Morgan fingerprint density at radius 3 is 2.30 bits per heavy atom. The maximum atomic E-state index is 13.4. The van der Waals surface area contributed by atoms with Gasteiger partial charge in [0.05, 0.1) is 26.3 Å². The van der Waals surface area contributed by atoms with Gasteiger partial charge in [-0.25, -0.2) is 0 Å². The Bertz CT molecular complexity index is 930. The van der Waals surface area contributed by atoms with Crippen molar-refractivity contribution in [3.05, 3.63) is 47.8 Å². The highest BCUT2D eigenvalue weighted by Gasteiger charge is 2.39. The van der Waals surface area contributed by atoms with E-state index in [0.717, 1.165) is 31.4 Å². The van der Waals surface area contributed by atoms with Crippen LogP contribution in [0, 0.1) is 0 Å². The molecule has 0 aliphatic heterocycles. The number of hydrogen-bond donors (Lipinski definition) is 0. The van der Waals surface area contributed by atoms with Crippen LogP contribution in [0.4, 0.5) is 0 Å². The van der Waals surface area contributed by atoms with Crippen molar-refractivity contribution >= 4 is 11.8 Å². The Morgan fingerprint density at radius 1 is 1.03 bits per heavy atom. The van der Waals surface area contributed by atoms with Gasteiger partial charge < -0.3 is 23.8 Å². The van der Waals surface area contributed by atoms with E-state index in [-0.39, 0.29) is 30.4 Å². The summed E-state index contributed by atoms with van der Waals surface area (Å²) in [6.45, 7) is 0.672. The largest absolute Gasteiger partial charge is 0.497 e. The highest BCUT2D eigenvalue weighted by molar-refractivity contribution is 5.99. The molecule has 0 unspecified atom stereocenters. The van der Waals surface area contributed by atoms with Gasteiger partial charge >= 0.3 is 0 Å². The summed E-state index contributed by atoms with van der Waals surface area (Å²) in [6, 6.07) is 9.57. The molecular formula is C23H29N3O4. The lowest BCUT2D eigenvalue weighted by Gasteiger charge is -2.28. The van der Waals surface area contributed by atoms with Gasteiger partial charge in [0.25, 0.3) is 5.91 Å². The van der Waals surface area contributed by atoms with Crippen LogP contribution in [0.3, 0.4) is 0 Å². The van der Waals surface area contributed by atoms with Crippen LogP contribution in [0.15, 0.2) is 36.5 Å². The second kappa shape index (κ2) is 8.42. The molecule has 0 atom stereocenters. The van der Waals surface area contributed by atoms with E-state index in [4.69, 9.17) is 9.47 Å². The average Bonchev–Trinajstić information content (AvgIpc) is 3.68. The topological polar surface area (TPSA) is 64.0 Å². The van der Waals surface area contributed by atoms with Crippen molar-refractivity contribution in [2.75, 3.05) is 20.8 Å². The van der Waals surface area contributed by atoms with Crippen LogP contribution in [-0.2, 0) is 18.4 Å². The van der Waals surface area contributed by atoms with Crippen LogP contribution < -0.4 is 9.47 Å². The van der Waals surface area contributed by atoms with E-state index in [0.29, 0.717) is 23.6 Å². The highest BCUT2D eigenvalue weighted by Crippen LogP contribution is 2.33. The first-order chi connectivity index (χ1) is 14.5. The molecule has 0 bridgehead atoms. The molecule has 0 N–H and O–H groups in total. The Morgan fingerprint density at radius 2 is 1.73 bits per heavy atom. The van der Waals surface area contributed by atoms with Crippen molar-refractivity contribution in [2.24, 2.45) is 7.05 Å². The standard InChI is InChI=1S/C23H29N3O4/c1-24-12-4-5-18(24)14-25(16-6-7-16)22(27)15-26(17-8-9-17)23(28)20-11-10-19(29-2)13-21(20)30-3/h4-5,10-13,16-17H,6-9,14-15H2,1-3H3. The van der Waals surface area contributed by atoms with Crippen molar-refractivity contribution in [1.29, 1.82) is 0 Å². The number of nitrogens with zero attached hydrogens (tertiary/aromatic N) is 3. The predicted octanol–water partition coefficient (Wildman–Crippen LogP) is 2.84. The molecule has 0 spiro atoms. The maximum absolute atomic E-state index is 13.4. The van der Waals surface area contributed by atoms with Gasteiger partial charge in [-0.2, -0.15) is 0 Å². The van der Waals surface area contributed by atoms with Gasteiger partial charge in [-0.15, -0.1) is 0 Å². The van der Waals surface area contributed by atoms with E-state index in [9.17, 15) is 9.59 Å². The first kappa shape index (κ1) is 20.3. The molecule has 2 aromatic rings. The van der Waals surface area contributed by atoms with E-state index in [1.54, 1.807) is 30.2 Å². The zero-order valence-electron chi connectivity index (χ0n) is 17.8. The minimum Gasteiger partial charge on any atom is -0.497 e. The molecule has 1 aromatic carbocycles. The van der Waals surface area contributed by atoms with E-state index in [2.05, 4.69) is 0 Å². The lowest BCUT2D eigenvalue weighted by atomic mass is 10.1. The number of hydrogen-bond acceptors (Lipinski definition) is 4. The maximum Gasteiger partial charge on any atom is 0.258 e. The fourth-order valence-electron chi connectivity index (χ4n) is 3.76. The number of methoxy groups -OCH3 is 2. The smallest absolute Gasteiger partial charge is 0.258 e. The number of carbonyl (C=O) groups is 2. The van der Waals surface area contributed by atoms with Crippen LogP contribution >= 0.6 is 0 Å². The van der Waals surface area contributed by atoms with Crippen LogP contribution in [0.5, 0.6) is 11.5 Å². The lowest BCUT2D eigenvalue weighted by molar-refractivity contribution is -0.133. The molecular weight excluding hydrogens is 382 g/mol. The summed E-state index contributed by atoms with van der Waals surface area (Å²) in [5.41, 5.74) is 1.55. The first-order valence-electron chi connectivity index (χ1n) is 10.4. The molecule has 1 heterocycles. The Hall–Kier alpha value is -2.96. The molecule has 30 heavy (non-hydrogen) atoms. The lowest BCUT2D eigenvalue weighted by Crippen LogP contribution is -2.44. The van der Waals surface area contributed by atoms with Gasteiger partial charge in [0.15, 0.2) is 0 Å². The zero-order valence-corrected chi connectivity index (χ0v) is 17.8. The summed E-state index contributed by atoms with van der Waals surface area (Å²) < 4.78 is 12.7. The average molecular weight is 412 g/mol. The van der Waals surface area contributed by atoms with Crippen LogP contribution in [0.25, 0.3) is 0 Å². The molecule has 2 fully saturated rings. The molecule has 0 saturated heterocycles. The summed E-state index contributed by atoms with van der Waals surface area (Å²) in [5.74, 6) is 0.923. The van der Waals surface area contributed by atoms with Crippen molar-refractivity contribution in [2.45, 2.75) is 44.3 Å². The molecule has 2 amide bonds. The monoisotopic (exact) mass is 411 g/mol. The Labute approximate surface area is 177 Å². The van der Waals surface area contributed by atoms with Gasteiger partial charge in [-0.3, -0.25) is 9.59 Å². The molecule has 4 rings (SSSR count). The predicted molar refractivity (Wildman–Crippen MR) is 113 cm³/mol. The second-order valence-electron chi connectivity index (χ2n) is 8.09. The second-order valence-corrected chi connectivity index (χ2v) is 8.09. The molecule has 0 radical (unpaired) electrons. The first-order valence-corrected chi connectivity index (χ1v) is 10.4. The molecule has 1 aromatic heterocycles. The van der Waals surface area contributed by atoms with Crippen molar-refractivity contribution in [3.8, 4) is 11.5 Å². The van der Waals surface area contributed by atoms with Crippen molar-refractivity contribution < 1.29 is 19.1 Å². The quantitative estimate of drug-likeness (QED) is 0.637. The van der Waals surface area contributed by atoms with E-state index >= 15 is 0 Å². The van der Waals surface area contributed by atoms with E-state index < -0.39 is 0 Å². The highest BCUT2D eigenvalue weighted by atomic mass is 16.5. The summed E-state index contributed by atoms with van der Waals surface area (Å²) in [7, 11) is 5.10. The molecule has 7 heteroatoms. The summed E-state index contributed by atoms with van der Waals surface area (Å²) in [6.07, 6.45) is 5.90. The Kier molecular flexibility index (Phi) is 5.70. The fraction of sp³-hybridized carbons (Fsp3) is 0.478. The van der Waals surface area contributed by atoms with Gasteiger partial charge in [0.2, 0.25) is 5.91 Å². The van der Waals surface area contributed by atoms with Crippen LogP contribution in [-0.4, -0.2) is 59.0 Å². The van der Waals surface area contributed by atoms with Gasteiger partial charge in [0, 0.05) is 37.1 Å². The SMILES string of the molecule is COc1ccc(C(=O)N(CC(=O)N(Cc2cccn2C)C2CC2)C2CC2)c(OC)c1. The molecule has 2 aliphatic carbocycles. The number of ether oxygens (including phenoxy) is 2. The van der Waals surface area contributed by atoms with Crippen molar-refractivity contribution in [3.63, 3.8) is 0 Å². The van der Waals surface area contributed by atoms with Crippen LogP contribution in [0.1, 0.15) is 41.7 Å². The molecule has 160 valence electrons. The third-order valence-corrected chi connectivity index (χ3v) is 5.88. The number of amides is 2. The number of benzene rings is 1. The molecule has 2 aliphatic rings. The number of aryl methyl sites for hydroxylation is 1. The Balaban J connectivity index is 1.52. The van der Waals surface area contributed by atoms with E-state index in [1.807, 2.05) is 34.8 Å². The minimum atomic E-state index is -0.167. The summed E-state index contributed by atoms with van der Waals surface area (Å²) in [4.78, 5) is 30.3. The number of rotatable bonds is 9. The van der Waals surface area contributed by atoms with Crippen molar-refractivity contribution in [1.82, 2.24) is 14.4 Å². The third kappa shape index (κ3) is 4.30.